The van der Waals surface area contributed by atoms with E-state index in [1.165, 1.54) is 27.9 Å². The molecule has 0 radical (unpaired) electrons. The van der Waals surface area contributed by atoms with Crippen LogP contribution in [0.25, 0.3) is 0 Å². The van der Waals surface area contributed by atoms with Gasteiger partial charge in [-0.3, -0.25) is 4.99 Å². The molecule has 1 N–H and O–H groups in total. The van der Waals surface area contributed by atoms with Crippen molar-refractivity contribution in [1.29, 1.82) is 0 Å². The van der Waals surface area contributed by atoms with E-state index in [2.05, 4.69) is 104 Å². The number of aryl methyl sites for hydroxylation is 1. The first kappa shape index (κ1) is 20.4. The first-order valence-electron chi connectivity index (χ1n) is 10.1. The molecule has 0 heterocycles. The highest BCUT2D eigenvalue weighted by Gasteiger charge is 2.14. The van der Waals surface area contributed by atoms with E-state index in [4.69, 9.17) is 4.99 Å². The Labute approximate surface area is 174 Å². The molecule has 3 heteroatoms. The van der Waals surface area contributed by atoms with Crippen molar-refractivity contribution in [2.24, 2.45) is 4.99 Å². The molecule has 0 aliphatic rings. The molecule has 28 heavy (non-hydrogen) atoms. The molecule has 2 nitrogen and oxygen atoms in total. The van der Waals surface area contributed by atoms with Crippen LogP contribution in [0, 0.1) is 6.92 Å². The van der Waals surface area contributed by atoms with E-state index in [0.717, 1.165) is 11.0 Å². The van der Waals surface area contributed by atoms with Gasteiger partial charge in [-0.05, 0) is 47.5 Å². The second kappa shape index (κ2) is 9.74. The zero-order valence-electron chi connectivity index (χ0n) is 17.3. The fourth-order valence-corrected chi connectivity index (χ4v) is 5.29. The number of rotatable bonds is 7. The summed E-state index contributed by atoms with van der Waals surface area (Å²) in [5.74, 6) is 2.83. The van der Waals surface area contributed by atoms with Crippen LogP contribution < -0.4 is 4.30 Å². The molecule has 0 aromatic heterocycles. The first-order chi connectivity index (χ1) is 13.5. The molecule has 3 aromatic rings. The maximum Gasteiger partial charge on any atom is 0.412 e. The zero-order valence-corrected chi connectivity index (χ0v) is 18.5. The Balaban J connectivity index is 1.75. The summed E-state index contributed by atoms with van der Waals surface area (Å²) in [6.07, 6.45) is 2.03. The fourth-order valence-electron chi connectivity index (χ4n) is 3.39. The Bertz CT molecular complexity index is 929. The molecule has 0 aliphatic heterocycles. The van der Waals surface area contributed by atoms with Crippen molar-refractivity contribution < 1.29 is 0 Å². The van der Waals surface area contributed by atoms with Crippen LogP contribution in [0.15, 0.2) is 77.8 Å². The van der Waals surface area contributed by atoms with Gasteiger partial charge in [-0.1, -0.05) is 85.4 Å². The van der Waals surface area contributed by atoms with Crippen LogP contribution in [0.3, 0.4) is 0 Å². The Morgan fingerprint density at radius 2 is 1.61 bits per heavy atom. The second-order valence-electron chi connectivity index (χ2n) is 7.79. The van der Waals surface area contributed by atoms with E-state index >= 15 is 0 Å². The topological polar surface area (TPSA) is 24.4 Å². The van der Waals surface area contributed by atoms with E-state index in [1.54, 1.807) is 0 Å². The highest BCUT2D eigenvalue weighted by molar-refractivity contribution is 6.60. The number of anilines is 1. The predicted molar refractivity (Wildman–Crippen MR) is 124 cm³/mol. The van der Waals surface area contributed by atoms with Crippen LogP contribution in [-0.2, 0) is 5.28 Å². The average molecular weight is 385 g/mol. The van der Waals surface area contributed by atoms with Crippen LogP contribution in [0.4, 0.5) is 11.4 Å². The third kappa shape index (κ3) is 5.58. The van der Waals surface area contributed by atoms with Crippen LogP contribution in [0.2, 0.25) is 5.79 Å². The number of hydrogen-bond donors (Lipinski definition) is 1. The number of hydrogen-bond acceptors (Lipinski definition) is 2. The van der Waals surface area contributed by atoms with Crippen molar-refractivity contribution in [2.75, 3.05) is 4.30 Å². The Morgan fingerprint density at radius 3 is 2.36 bits per heavy atom. The van der Waals surface area contributed by atoms with Gasteiger partial charge in [-0.2, -0.15) is 0 Å². The molecule has 0 atom stereocenters. The van der Waals surface area contributed by atoms with Crippen LogP contribution >= 0.6 is 0 Å². The van der Waals surface area contributed by atoms with Crippen molar-refractivity contribution in [2.45, 2.75) is 37.8 Å². The average Bonchev–Trinajstić information content (AvgIpc) is 2.69. The van der Waals surface area contributed by atoms with Crippen LogP contribution in [0.1, 0.15) is 42.0 Å². The molecule has 142 valence electrons. The summed E-state index contributed by atoms with van der Waals surface area (Å²) in [5.41, 5.74) is 7.46. The maximum atomic E-state index is 4.83. The quantitative estimate of drug-likeness (QED) is 0.356. The van der Waals surface area contributed by atoms with E-state index < -0.39 is 14.4 Å². The Hall–Kier alpha value is -2.34. The van der Waals surface area contributed by atoms with Gasteiger partial charge in [0.15, 0.2) is 0 Å². The highest BCUT2D eigenvalue weighted by Crippen LogP contribution is 2.26. The number of nitrogens with zero attached hydrogens (tertiary/aromatic N) is 1. The minimum absolute atomic E-state index is 0.467. The molecule has 0 saturated carbocycles. The van der Waals surface area contributed by atoms with Crippen molar-refractivity contribution in [1.82, 2.24) is 0 Å². The van der Waals surface area contributed by atoms with Gasteiger partial charge in [0.25, 0.3) is 0 Å². The largest absolute Gasteiger partial charge is 0.476 e. The molecule has 0 bridgehead atoms. The highest BCUT2D eigenvalue weighted by atomic mass is 27.2. The fraction of sp³-hybridized carbons (Fsp3) is 0.240. The standard InChI is InChI=1S/C17H18N.C7H8N.CH3.Al/c1-13(2)16-10-6-7-11-17(16)18-12-15-9-5-4-8-14(15)3;1-6-2-4-7(8)5-3-6;;/h4-13H,3H2,1-2H3;2-5,8H,1H3;1H3;/q;-1;;+1. The van der Waals surface area contributed by atoms with Crippen molar-refractivity contribution in [3.63, 3.8) is 0 Å². The normalized spacial score (nSPS) is 11.2. The minimum Gasteiger partial charge on any atom is -0.476 e. The molecule has 0 aliphatic carbocycles. The number of aliphatic imine (C=N–C) groups is 1. The Kier molecular flexibility index (Phi) is 7.09. The van der Waals surface area contributed by atoms with Gasteiger partial charge in [0.2, 0.25) is 0 Å². The third-order valence-corrected chi connectivity index (χ3v) is 6.83. The Morgan fingerprint density at radius 1 is 0.929 bits per heavy atom. The summed E-state index contributed by atoms with van der Waals surface area (Å²) in [4.78, 5) is 4.83. The van der Waals surface area contributed by atoms with Crippen LogP contribution in [-0.4, -0.2) is 20.6 Å². The third-order valence-electron chi connectivity index (χ3n) is 4.95. The van der Waals surface area contributed by atoms with E-state index in [0.29, 0.717) is 5.92 Å². The predicted octanol–water partition coefficient (Wildman–Crippen LogP) is 6.68. The number of benzene rings is 3. The second-order valence-corrected chi connectivity index (χ2v) is 10.3. The molecule has 3 aromatic carbocycles. The molecule has 0 amide bonds. The van der Waals surface area contributed by atoms with Gasteiger partial charge >= 0.3 is 14.4 Å². The van der Waals surface area contributed by atoms with E-state index in [-0.39, 0.29) is 0 Å². The summed E-state index contributed by atoms with van der Waals surface area (Å²) in [6.45, 7) is 6.55. The number of para-hydroxylation sites is 1. The van der Waals surface area contributed by atoms with Crippen molar-refractivity contribution >= 4 is 32.0 Å². The van der Waals surface area contributed by atoms with Crippen molar-refractivity contribution in [3.8, 4) is 0 Å². The maximum absolute atomic E-state index is 4.83. The summed E-state index contributed by atoms with van der Waals surface area (Å²) in [5, 5.41) is 1.09. The molecule has 0 unspecified atom stereocenters. The van der Waals surface area contributed by atoms with Crippen molar-refractivity contribution in [3.05, 3.63) is 95.1 Å². The van der Waals surface area contributed by atoms with Gasteiger partial charge in [-0.25, -0.2) is 0 Å². The zero-order chi connectivity index (χ0) is 19.9. The SMILES string of the molecule is Cc1ccc([NH][Al]([CH3])[CH2]c2ccccc2C=Nc2ccccc2C(C)C)cc1. The smallest absolute Gasteiger partial charge is 0.412 e. The van der Waals surface area contributed by atoms with E-state index in [9.17, 15) is 0 Å². The lowest BCUT2D eigenvalue weighted by Gasteiger charge is -2.13. The van der Waals surface area contributed by atoms with Gasteiger partial charge in [0, 0.05) is 11.9 Å². The molecule has 0 fully saturated rings. The lowest BCUT2D eigenvalue weighted by atomic mass is 10.0. The summed E-state index contributed by atoms with van der Waals surface area (Å²) in [6, 6.07) is 25.7. The summed E-state index contributed by atoms with van der Waals surface area (Å²) >= 11 is -1.14. The molecule has 0 spiro atoms. The monoisotopic (exact) mass is 384 g/mol. The summed E-state index contributed by atoms with van der Waals surface area (Å²) < 4.78 is 3.74. The molecular formula is C25H29AlN2. The van der Waals surface area contributed by atoms with Gasteiger partial charge in [0.1, 0.15) is 0 Å². The number of nitrogens with one attached hydrogen (secondary N) is 1. The minimum atomic E-state index is -1.14. The first-order valence-corrected chi connectivity index (χ1v) is 12.6. The molecular weight excluding hydrogens is 355 g/mol. The van der Waals surface area contributed by atoms with Gasteiger partial charge < -0.3 is 4.30 Å². The molecule has 3 rings (SSSR count). The lowest BCUT2D eigenvalue weighted by molar-refractivity contribution is 0.867. The van der Waals surface area contributed by atoms with Crippen LogP contribution in [0.5, 0.6) is 0 Å². The van der Waals surface area contributed by atoms with E-state index in [1.807, 2.05) is 6.21 Å². The lowest BCUT2D eigenvalue weighted by Crippen LogP contribution is -2.24. The summed E-state index contributed by atoms with van der Waals surface area (Å²) in [7, 11) is 0. The molecule has 0 saturated heterocycles. The van der Waals surface area contributed by atoms with Gasteiger partial charge in [0.05, 0.1) is 5.69 Å². The van der Waals surface area contributed by atoms with Gasteiger partial charge in [-0.15, -0.1) is 0 Å².